The van der Waals surface area contributed by atoms with E-state index in [1.54, 1.807) is 11.8 Å². The van der Waals surface area contributed by atoms with Crippen LogP contribution >= 0.6 is 11.8 Å². The van der Waals surface area contributed by atoms with E-state index >= 15 is 0 Å². The molecule has 0 bridgehead atoms. The first-order valence-electron chi connectivity index (χ1n) is 11.8. The molecule has 1 aliphatic heterocycles. The van der Waals surface area contributed by atoms with Crippen molar-refractivity contribution in [1.82, 2.24) is 14.5 Å². The summed E-state index contributed by atoms with van der Waals surface area (Å²) in [6, 6.07) is 18.2. The van der Waals surface area contributed by atoms with Gasteiger partial charge in [0.25, 0.3) is 5.91 Å². The van der Waals surface area contributed by atoms with Gasteiger partial charge in [-0.25, -0.2) is 4.98 Å². The molecule has 0 spiro atoms. The SMILES string of the molecule is CSc1ccccc1C(=O)N1CCC(c2nccn2CCCCOCc2ccccc2)CC1. The summed E-state index contributed by atoms with van der Waals surface area (Å²) in [5.74, 6) is 1.73. The second-order valence-corrected chi connectivity index (χ2v) is 9.34. The number of likely N-dealkylation sites (tertiary alicyclic amines) is 1. The molecule has 2 heterocycles. The minimum absolute atomic E-state index is 0.150. The number of aromatic nitrogens is 2. The van der Waals surface area contributed by atoms with Crippen molar-refractivity contribution >= 4 is 17.7 Å². The molecule has 5 nitrogen and oxygen atoms in total. The molecule has 33 heavy (non-hydrogen) atoms. The molecule has 1 saturated heterocycles. The van der Waals surface area contributed by atoms with E-state index in [0.717, 1.165) is 68.2 Å². The molecule has 0 aliphatic carbocycles. The number of hydrogen-bond donors (Lipinski definition) is 0. The van der Waals surface area contributed by atoms with Gasteiger partial charge in [-0.15, -0.1) is 11.8 Å². The van der Waals surface area contributed by atoms with E-state index in [1.807, 2.05) is 59.8 Å². The van der Waals surface area contributed by atoms with E-state index in [9.17, 15) is 4.79 Å². The van der Waals surface area contributed by atoms with Gasteiger partial charge in [0.1, 0.15) is 5.82 Å². The summed E-state index contributed by atoms with van der Waals surface area (Å²) in [6.07, 6.45) is 10.1. The van der Waals surface area contributed by atoms with Gasteiger partial charge in [-0.3, -0.25) is 4.79 Å². The Morgan fingerprint density at radius 3 is 2.61 bits per heavy atom. The second-order valence-electron chi connectivity index (χ2n) is 8.49. The van der Waals surface area contributed by atoms with Crippen LogP contribution in [0, 0.1) is 0 Å². The Balaban J connectivity index is 1.22. The van der Waals surface area contributed by atoms with Crippen molar-refractivity contribution in [3.05, 3.63) is 83.9 Å². The topological polar surface area (TPSA) is 47.4 Å². The summed E-state index contributed by atoms with van der Waals surface area (Å²) in [4.78, 5) is 20.8. The van der Waals surface area contributed by atoms with Crippen molar-refractivity contribution in [3.8, 4) is 0 Å². The van der Waals surface area contributed by atoms with Gasteiger partial charge in [0.15, 0.2) is 0 Å². The molecule has 174 valence electrons. The predicted octanol–water partition coefficient (Wildman–Crippen LogP) is 5.62. The molecule has 0 radical (unpaired) electrons. The molecule has 0 saturated carbocycles. The fourth-order valence-corrected chi connectivity index (χ4v) is 5.04. The fraction of sp³-hybridized carbons (Fsp3) is 0.407. The number of carbonyl (C=O) groups is 1. The lowest BCUT2D eigenvalue weighted by atomic mass is 9.95. The van der Waals surface area contributed by atoms with Gasteiger partial charge in [-0.1, -0.05) is 42.5 Å². The highest BCUT2D eigenvalue weighted by Gasteiger charge is 2.27. The van der Waals surface area contributed by atoms with E-state index in [0.29, 0.717) is 12.5 Å². The molecule has 4 rings (SSSR count). The van der Waals surface area contributed by atoms with Crippen LogP contribution in [0.15, 0.2) is 71.9 Å². The third-order valence-corrected chi connectivity index (χ3v) is 7.08. The highest BCUT2D eigenvalue weighted by Crippen LogP contribution is 2.29. The Labute approximate surface area is 201 Å². The number of aryl methyl sites for hydroxylation is 1. The molecule has 1 fully saturated rings. The van der Waals surface area contributed by atoms with Crippen molar-refractivity contribution in [3.63, 3.8) is 0 Å². The highest BCUT2D eigenvalue weighted by molar-refractivity contribution is 7.98. The smallest absolute Gasteiger partial charge is 0.254 e. The van der Waals surface area contributed by atoms with E-state index in [2.05, 4.69) is 27.9 Å². The Kier molecular flexibility index (Phi) is 8.61. The van der Waals surface area contributed by atoms with Gasteiger partial charge >= 0.3 is 0 Å². The normalized spacial score (nSPS) is 14.5. The molecule has 0 atom stereocenters. The number of thioether (sulfide) groups is 1. The van der Waals surface area contributed by atoms with Gasteiger partial charge in [0.05, 0.1) is 12.2 Å². The van der Waals surface area contributed by atoms with Gasteiger partial charge in [-0.2, -0.15) is 0 Å². The number of imidazole rings is 1. The Hall–Kier alpha value is -2.57. The first-order chi connectivity index (χ1) is 16.3. The van der Waals surface area contributed by atoms with Crippen LogP contribution in [0.4, 0.5) is 0 Å². The van der Waals surface area contributed by atoms with Crippen LogP contribution in [-0.4, -0.2) is 46.3 Å². The summed E-state index contributed by atoms with van der Waals surface area (Å²) in [5.41, 5.74) is 2.04. The average Bonchev–Trinajstić information content (AvgIpc) is 3.35. The van der Waals surface area contributed by atoms with Crippen LogP contribution in [0.2, 0.25) is 0 Å². The van der Waals surface area contributed by atoms with Crippen molar-refractivity contribution in [2.45, 2.75) is 49.6 Å². The molecule has 0 N–H and O–H groups in total. The molecular formula is C27H33N3O2S. The summed E-state index contributed by atoms with van der Waals surface area (Å²) in [6.45, 7) is 3.98. The van der Waals surface area contributed by atoms with Crippen LogP contribution < -0.4 is 0 Å². The number of hydrogen-bond acceptors (Lipinski definition) is 4. The summed E-state index contributed by atoms with van der Waals surface area (Å²) >= 11 is 1.63. The van der Waals surface area contributed by atoms with E-state index in [-0.39, 0.29) is 5.91 Å². The van der Waals surface area contributed by atoms with Crippen LogP contribution in [0.3, 0.4) is 0 Å². The number of piperidine rings is 1. The number of amides is 1. The predicted molar refractivity (Wildman–Crippen MR) is 134 cm³/mol. The van der Waals surface area contributed by atoms with Crippen molar-refractivity contribution in [2.75, 3.05) is 26.0 Å². The van der Waals surface area contributed by atoms with Crippen molar-refractivity contribution < 1.29 is 9.53 Å². The first kappa shape index (κ1) is 23.6. The van der Waals surface area contributed by atoms with Gasteiger partial charge in [0.2, 0.25) is 0 Å². The lowest BCUT2D eigenvalue weighted by Crippen LogP contribution is -2.38. The molecule has 0 unspecified atom stereocenters. The number of rotatable bonds is 10. The molecule has 1 aliphatic rings. The molecular weight excluding hydrogens is 430 g/mol. The second kappa shape index (κ2) is 12.1. The maximum atomic E-state index is 13.0. The zero-order valence-electron chi connectivity index (χ0n) is 19.4. The van der Waals surface area contributed by atoms with Crippen molar-refractivity contribution in [1.29, 1.82) is 0 Å². The number of carbonyl (C=O) groups excluding carboxylic acids is 1. The maximum Gasteiger partial charge on any atom is 0.254 e. The van der Waals surface area contributed by atoms with Gasteiger partial charge in [0, 0.05) is 49.4 Å². The van der Waals surface area contributed by atoms with Gasteiger partial charge in [-0.05, 0) is 49.6 Å². The molecule has 3 aromatic rings. The number of nitrogens with zero attached hydrogens (tertiary/aromatic N) is 3. The average molecular weight is 464 g/mol. The number of benzene rings is 2. The monoisotopic (exact) mass is 463 g/mol. The lowest BCUT2D eigenvalue weighted by molar-refractivity contribution is 0.0706. The fourth-order valence-electron chi connectivity index (χ4n) is 4.45. The summed E-state index contributed by atoms with van der Waals surface area (Å²) < 4.78 is 8.10. The largest absolute Gasteiger partial charge is 0.377 e. The van der Waals surface area contributed by atoms with Crippen molar-refractivity contribution in [2.24, 2.45) is 0 Å². The van der Waals surface area contributed by atoms with Gasteiger partial charge < -0.3 is 14.2 Å². The zero-order chi connectivity index (χ0) is 22.9. The maximum absolute atomic E-state index is 13.0. The lowest BCUT2D eigenvalue weighted by Gasteiger charge is -2.32. The Morgan fingerprint density at radius 1 is 1.06 bits per heavy atom. The molecule has 2 aromatic carbocycles. The zero-order valence-corrected chi connectivity index (χ0v) is 20.2. The number of ether oxygens (including phenoxy) is 1. The third kappa shape index (κ3) is 6.27. The molecule has 6 heteroatoms. The van der Waals surface area contributed by atoms with E-state index in [4.69, 9.17) is 4.74 Å². The minimum Gasteiger partial charge on any atom is -0.377 e. The standard InChI is InChI=1S/C27H33N3O2S/c1-33-25-12-6-5-11-24(25)27(31)30-17-13-23(14-18-30)26-28-15-19-29(26)16-7-8-20-32-21-22-9-3-2-4-10-22/h2-6,9-12,15,19,23H,7-8,13-14,16-18,20-21H2,1H3. The van der Waals surface area contributed by atoms with E-state index in [1.165, 1.54) is 5.56 Å². The quantitative estimate of drug-likeness (QED) is 0.289. The Morgan fingerprint density at radius 2 is 1.82 bits per heavy atom. The Bertz CT molecular complexity index is 1010. The molecule has 1 aromatic heterocycles. The van der Waals surface area contributed by atoms with Crippen LogP contribution in [0.5, 0.6) is 0 Å². The van der Waals surface area contributed by atoms with Crippen LogP contribution in [0.1, 0.15) is 53.3 Å². The molecule has 1 amide bonds. The number of unbranched alkanes of at least 4 members (excludes halogenated alkanes) is 1. The van der Waals surface area contributed by atoms with E-state index < -0.39 is 0 Å². The highest BCUT2D eigenvalue weighted by atomic mass is 32.2. The summed E-state index contributed by atoms with van der Waals surface area (Å²) in [7, 11) is 0. The first-order valence-corrected chi connectivity index (χ1v) is 13.0. The van der Waals surface area contributed by atoms with Crippen LogP contribution in [0.25, 0.3) is 0 Å². The van der Waals surface area contributed by atoms with Crippen LogP contribution in [-0.2, 0) is 17.9 Å². The minimum atomic E-state index is 0.150. The third-order valence-electron chi connectivity index (χ3n) is 6.28. The summed E-state index contributed by atoms with van der Waals surface area (Å²) in [5, 5.41) is 0.